The molecule has 0 aromatic heterocycles. The summed E-state index contributed by atoms with van der Waals surface area (Å²) in [5, 5.41) is 5.79. The molecule has 2 N–H and O–H groups in total. The molecule has 6 rings (SSSR count). The van der Waals surface area contributed by atoms with Gasteiger partial charge in [0.05, 0.1) is 26.4 Å². The van der Waals surface area contributed by atoms with Crippen molar-refractivity contribution in [3.05, 3.63) is 71.8 Å². The lowest BCUT2D eigenvalue weighted by molar-refractivity contribution is -0.217. The Labute approximate surface area is 275 Å². The monoisotopic (exact) mass is 654 g/mol. The Kier molecular flexibility index (Phi) is 12.1. The van der Waals surface area contributed by atoms with E-state index in [1.165, 1.54) is 0 Å². The molecule has 4 saturated heterocycles. The summed E-state index contributed by atoms with van der Waals surface area (Å²) in [5.41, 5.74) is 1.91. The molecule has 2 aromatic carbocycles. The first-order valence-corrected chi connectivity index (χ1v) is 16.2. The molecule has 4 aliphatic heterocycles. The van der Waals surface area contributed by atoms with Crippen LogP contribution in [0.1, 0.15) is 24.0 Å². The molecule has 256 valence electrons. The number of hydrogen-bond donors (Lipinski definition) is 2. The van der Waals surface area contributed by atoms with Crippen LogP contribution in [0.2, 0.25) is 0 Å². The Hall–Kier alpha value is -3.75. The molecule has 3 amide bonds. The van der Waals surface area contributed by atoms with Gasteiger partial charge in [0.25, 0.3) is 0 Å². The van der Waals surface area contributed by atoms with Crippen molar-refractivity contribution in [3.63, 3.8) is 0 Å². The fourth-order valence-electron chi connectivity index (χ4n) is 6.45. The van der Waals surface area contributed by atoms with E-state index in [2.05, 4.69) is 10.6 Å². The maximum absolute atomic E-state index is 12.3. The van der Waals surface area contributed by atoms with Gasteiger partial charge in [0.2, 0.25) is 5.91 Å². The van der Waals surface area contributed by atoms with E-state index < -0.39 is 23.6 Å². The third-order valence-corrected chi connectivity index (χ3v) is 8.95. The van der Waals surface area contributed by atoms with Crippen LogP contribution < -0.4 is 10.6 Å². The van der Waals surface area contributed by atoms with Crippen molar-refractivity contribution in [2.75, 3.05) is 73.2 Å². The van der Waals surface area contributed by atoms with E-state index in [0.29, 0.717) is 65.5 Å². The highest BCUT2D eigenvalue weighted by molar-refractivity contribution is 5.81. The summed E-state index contributed by atoms with van der Waals surface area (Å²) in [6.45, 7) is 5.23. The number of rotatable bonds is 7. The summed E-state index contributed by atoms with van der Waals surface area (Å²) in [6.07, 6.45) is 0.425. The zero-order valence-corrected chi connectivity index (χ0v) is 27.2. The number of ether oxygens (including phenoxy) is 6. The first kappa shape index (κ1) is 34.6. The van der Waals surface area contributed by atoms with Crippen LogP contribution in [0.15, 0.2) is 60.7 Å². The third-order valence-electron chi connectivity index (χ3n) is 8.95. The Balaban J connectivity index is 0.000000185. The molecule has 2 aromatic rings. The highest BCUT2D eigenvalue weighted by Crippen LogP contribution is 2.37. The predicted molar refractivity (Wildman–Crippen MR) is 170 cm³/mol. The van der Waals surface area contributed by atoms with E-state index >= 15 is 0 Å². The first-order valence-electron chi connectivity index (χ1n) is 16.2. The number of carbonyl (C=O) groups is 3. The second-order valence-corrected chi connectivity index (χ2v) is 11.9. The summed E-state index contributed by atoms with van der Waals surface area (Å²) in [6, 6.07) is 19.2. The fraction of sp³-hybridized carbons (Fsp3) is 0.559. The molecule has 4 heterocycles. The lowest BCUT2D eigenvalue weighted by Crippen LogP contribution is -2.58. The van der Waals surface area contributed by atoms with Crippen molar-refractivity contribution < 1.29 is 42.8 Å². The summed E-state index contributed by atoms with van der Waals surface area (Å²) in [5.74, 6) is -2.12. The molecule has 0 bridgehead atoms. The first-order chi connectivity index (χ1) is 22.9. The van der Waals surface area contributed by atoms with Crippen LogP contribution in [-0.4, -0.2) is 113 Å². The molecule has 13 nitrogen and oxygen atoms in total. The van der Waals surface area contributed by atoms with E-state index in [4.69, 9.17) is 28.4 Å². The van der Waals surface area contributed by atoms with Gasteiger partial charge in [-0.15, -0.1) is 0 Å². The largest absolute Gasteiger partial charge is 0.445 e. The molecule has 0 radical (unpaired) electrons. The molecule has 13 heteroatoms. The van der Waals surface area contributed by atoms with Gasteiger partial charge in [0.1, 0.15) is 19.1 Å². The zero-order valence-electron chi connectivity index (χ0n) is 27.2. The van der Waals surface area contributed by atoms with Gasteiger partial charge in [-0.2, -0.15) is 0 Å². The predicted octanol–water partition coefficient (Wildman–Crippen LogP) is 2.74. The lowest BCUT2D eigenvalue weighted by atomic mass is 9.90. The van der Waals surface area contributed by atoms with Gasteiger partial charge in [-0.1, -0.05) is 60.7 Å². The normalized spacial score (nSPS) is 22.8. The number of likely N-dealkylation sites (tertiary alicyclic amines) is 2. The van der Waals surface area contributed by atoms with Crippen LogP contribution in [0.4, 0.5) is 9.59 Å². The van der Waals surface area contributed by atoms with Crippen LogP contribution >= 0.6 is 0 Å². The molecule has 2 spiro atoms. The van der Waals surface area contributed by atoms with Gasteiger partial charge < -0.3 is 48.9 Å². The third kappa shape index (κ3) is 8.59. The van der Waals surface area contributed by atoms with E-state index in [1.807, 2.05) is 67.7 Å². The number of benzene rings is 2. The average molecular weight is 655 g/mol. The number of piperidine rings is 2. The number of amides is 3. The van der Waals surface area contributed by atoms with Crippen LogP contribution in [0, 0.1) is 11.8 Å². The average Bonchev–Trinajstić information content (AvgIpc) is 3.79. The van der Waals surface area contributed by atoms with Gasteiger partial charge in [-0.05, 0) is 18.2 Å². The number of hydrogen-bond acceptors (Lipinski definition) is 10. The number of nitrogens with zero attached hydrogens (tertiary/aromatic N) is 2. The summed E-state index contributed by atoms with van der Waals surface area (Å²) < 4.78 is 33.9. The second-order valence-electron chi connectivity index (χ2n) is 11.9. The van der Waals surface area contributed by atoms with Crippen molar-refractivity contribution in [3.8, 4) is 0 Å². The van der Waals surface area contributed by atoms with Crippen LogP contribution in [0.3, 0.4) is 0 Å². The maximum atomic E-state index is 12.3. The van der Waals surface area contributed by atoms with Gasteiger partial charge in [0, 0.05) is 58.5 Å². The smallest absolute Gasteiger partial charge is 0.410 e. The zero-order chi connectivity index (χ0) is 33.1. The van der Waals surface area contributed by atoms with E-state index in [0.717, 1.165) is 17.7 Å². The second kappa shape index (κ2) is 16.4. The standard InChI is InChI=1S/C17H22N2O5.C17H24N2O4/c1-18-15(20)14-11-19(8-7-17(14)23-9-10-24-17)16(21)22-12-13-5-3-2-4-6-13;1-18-11-15-12-19(8-7-17(15)22-9-10-23-17)16(20)21-13-14-5-3-2-4-6-14/h2-6,14H,7-12H2,1H3,(H,18,20);2-6,15,18H,7-13H2,1H3. The number of nitrogens with one attached hydrogen (secondary N) is 2. The Morgan fingerprint density at radius 2 is 1.19 bits per heavy atom. The molecule has 2 atom stereocenters. The van der Waals surface area contributed by atoms with Gasteiger partial charge in [-0.3, -0.25) is 4.79 Å². The minimum atomic E-state index is -0.920. The highest BCUT2D eigenvalue weighted by Gasteiger charge is 2.52. The molecular weight excluding hydrogens is 608 g/mol. The van der Waals surface area contributed by atoms with Crippen LogP contribution in [0.25, 0.3) is 0 Å². The maximum Gasteiger partial charge on any atom is 0.410 e. The molecule has 2 unspecified atom stereocenters. The van der Waals surface area contributed by atoms with Crippen molar-refractivity contribution in [1.82, 2.24) is 20.4 Å². The molecule has 4 aliphatic rings. The highest BCUT2D eigenvalue weighted by atomic mass is 16.7. The lowest BCUT2D eigenvalue weighted by Gasteiger charge is -2.43. The Bertz CT molecular complexity index is 1300. The van der Waals surface area contributed by atoms with Crippen LogP contribution in [0.5, 0.6) is 0 Å². The summed E-state index contributed by atoms with van der Waals surface area (Å²) >= 11 is 0. The van der Waals surface area contributed by atoms with Gasteiger partial charge in [-0.25, -0.2) is 9.59 Å². The fourth-order valence-corrected chi connectivity index (χ4v) is 6.45. The quantitative estimate of drug-likeness (QED) is 0.459. The molecular formula is C34H46N4O9. The SMILES string of the molecule is CNC(=O)C1CN(C(=O)OCc2ccccc2)CCC12OCCO2.CNCC1CN(C(=O)OCc2ccccc2)CCC12OCCO2. The van der Waals surface area contributed by atoms with Crippen molar-refractivity contribution >= 4 is 18.1 Å². The Morgan fingerprint density at radius 3 is 1.68 bits per heavy atom. The number of carbonyl (C=O) groups excluding carboxylic acids is 3. The van der Waals surface area contributed by atoms with Crippen molar-refractivity contribution in [1.29, 1.82) is 0 Å². The van der Waals surface area contributed by atoms with Crippen LogP contribution in [-0.2, 0) is 46.4 Å². The molecule has 0 aliphatic carbocycles. The van der Waals surface area contributed by atoms with Crippen molar-refractivity contribution in [2.24, 2.45) is 11.8 Å². The topological polar surface area (TPSA) is 137 Å². The minimum Gasteiger partial charge on any atom is -0.445 e. The van der Waals surface area contributed by atoms with Crippen molar-refractivity contribution in [2.45, 2.75) is 37.6 Å². The van der Waals surface area contributed by atoms with E-state index in [1.54, 1.807) is 16.8 Å². The summed E-state index contributed by atoms with van der Waals surface area (Å²) in [7, 11) is 3.47. The minimum absolute atomic E-state index is 0.105. The molecule has 0 saturated carbocycles. The van der Waals surface area contributed by atoms with E-state index in [-0.39, 0.29) is 31.1 Å². The van der Waals surface area contributed by atoms with Gasteiger partial charge >= 0.3 is 12.2 Å². The molecule has 47 heavy (non-hydrogen) atoms. The Morgan fingerprint density at radius 1 is 0.723 bits per heavy atom. The summed E-state index contributed by atoms with van der Waals surface area (Å²) in [4.78, 5) is 40.2. The van der Waals surface area contributed by atoms with E-state index in [9.17, 15) is 14.4 Å². The molecule has 4 fully saturated rings. The van der Waals surface area contributed by atoms with Gasteiger partial charge in [0.15, 0.2) is 11.6 Å².